The summed E-state index contributed by atoms with van der Waals surface area (Å²) < 4.78 is 4.63. The predicted molar refractivity (Wildman–Crippen MR) is 105 cm³/mol. The largest absolute Gasteiger partial charge is 0.465 e. The van der Waals surface area contributed by atoms with Gasteiger partial charge >= 0.3 is 5.97 Å². The summed E-state index contributed by atoms with van der Waals surface area (Å²) in [5.74, 6) is -1.13. The lowest BCUT2D eigenvalue weighted by Crippen LogP contribution is -2.27. The lowest BCUT2D eigenvalue weighted by atomic mass is 10.1. The van der Waals surface area contributed by atoms with Crippen LogP contribution in [0.15, 0.2) is 42.7 Å². The molecule has 0 saturated heterocycles. The molecule has 0 bridgehead atoms. The highest BCUT2D eigenvalue weighted by Crippen LogP contribution is 2.12. The normalized spacial score (nSPS) is 10.4. The van der Waals surface area contributed by atoms with Gasteiger partial charge in [-0.3, -0.25) is 14.6 Å². The molecule has 0 atom stereocenters. The van der Waals surface area contributed by atoms with Gasteiger partial charge < -0.3 is 20.3 Å². The number of esters is 1. The van der Waals surface area contributed by atoms with Crippen molar-refractivity contribution in [1.82, 2.24) is 15.2 Å². The third kappa shape index (κ3) is 6.17. The van der Waals surface area contributed by atoms with Crippen LogP contribution in [-0.2, 0) is 4.74 Å². The summed E-state index contributed by atoms with van der Waals surface area (Å²) in [6.07, 6.45) is 3.64. The lowest BCUT2D eigenvalue weighted by Gasteiger charge is -2.10. The number of anilines is 1. The first kappa shape index (κ1) is 21.0. The number of pyridine rings is 1. The summed E-state index contributed by atoms with van der Waals surface area (Å²) in [7, 11) is 5.24. The van der Waals surface area contributed by atoms with Crippen molar-refractivity contribution in [3.63, 3.8) is 0 Å². The molecule has 0 spiro atoms. The maximum Gasteiger partial charge on any atom is 0.337 e. The van der Waals surface area contributed by atoms with Gasteiger partial charge in [-0.1, -0.05) is 0 Å². The topological polar surface area (TPSA) is 101 Å². The molecule has 0 saturated carbocycles. The molecule has 2 amide bonds. The summed E-state index contributed by atoms with van der Waals surface area (Å²) in [6.45, 7) is 1.41. The van der Waals surface area contributed by atoms with Crippen molar-refractivity contribution in [2.45, 2.75) is 6.42 Å². The fraction of sp³-hybridized carbons (Fsp3) is 0.300. The Kier molecular flexibility index (Phi) is 7.65. The second-order valence-electron chi connectivity index (χ2n) is 6.40. The Morgan fingerprint density at radius 1 is 1.00 bits per heavy atom. The third-order valence-corrected chi connectivity index (χ3v) is 3.89. The Hall–Kier alpha value is -3.26. The zero-order valence-corrected chi connectivity index (χ0v) is 16.2. The second-order valence-corrected chi connectivity index (χ2v) is 6.40. The molecule has 8 nitrogen and oxygen atoms in total. The average molecular weight is 384 g/mol. The van der Waals surface area contributed by atoms with Gasteiger partial charge in [-0.2, -0.15) is 0 Å². The molecule has 0 unspecified atom stereocenters. The number of rotatable bonds is 8. The summed E-state index contributed by atoms with van der Waals surface area (Å²) in [6, 6.07) is 7.79. The number of amides is 2. The molecule has 0 aliphatic rings. The number of benzene rings is 1. The van der Waals surface area contributed by atoms with Crippen LogP contribution in [0.4, 0.5) is 5.69 Å². The van der Waals surface area contributed by atoms with Crippen molar-refractivity contribution in [2.75, 3.05) is 39.6 Å². The summed E-state index contributed by atoms with van der Waals surface area (Å²) >= 11 is 0. The number of hydrogen-bond acceptors (Lipinski definition) is 6. The van der Waals surface area contributed by atoms with Crippen LogP contribution in [0.2, 0.25) is 0 Å². The first-order chi connectivity index (χ1) is 13.4. The van der Waals surface area contributed by atoms with Gasteiger partial charge in [-0.25, -0.2) is 4.79 Å². The number of nitrogens with zero attached hydrogens (tertiary/aromatic N) is 2. The number of ether oxygens (including phenoxy) is 1. The molecule has 148 valence electrons. The first-order valence-electron chi connectivity index (χ1n) is 8.78. The predicted octanol–water partition coefficient (Wildman–Crippen LogP) is 1.80. The first-order valence-corrected chi connectivity index (χ1v) is 8.78. The highest BCUT2D eigenvalue weighted by molar-refractivity contribution is 6.06. The van der Waals surface area contributed by atoms with Gasteiger partial charge in [0.15, 0.2) is 0 Å². The number of nitrogens with one attached hydrogen (secondary N) is 2. The standard InChI is InChI=1S/C20H24N4O4/c1-24(2)10-4-9-22-18(25)15-11-16(13-21-12-15)19(26)23-17-7-5-14(6-8-17)20(27)28-3/h5-8,11-13H,4,9-10H2,1-3H3,(H,22,25)(H,23,26). The van der Waals surface area contributed by atoms with E-state index in [1.165, 1.54) is 25.6 Å². The quantitative estimate of drug-likeness (QED) is 0.532. The van der Waals surface area contributed by atoms with E-state index >= 15 is 0 Å². The Balaban J connectivity index is 1.97. The number of methoxy groups -OCH3 is 1. The molecular weight excluding hydrogens is 360 g/mol. The maximum atomic E-state index is 12.4. The highest BCUT2D eigenvalue weighted by Gasteiger charge is 2.12. The molecule has 1 aromatic heterocycles. The molecule has 28 heavy (non-hydrogen) atoms. The monoisotopic (exact) mass is 384 g/mol. The molecule has 0 aliphatic carbocycles. The van der Waals surface area contributed by atoms with E-state index in [9.17, 15) is 14.4 Å². The Bertz CT molecular complexity index is 834. The van der Waals surface area contributed by atoms with Crippen LogP contribution in [0.25, 0.3) is 0 Å². The maximum absolute atomic E-state index is 12.4. The second kappa shape index (κ2) is 10.2. The van der Waals surface area contributed by atoms with Gasteiger partial charge in [-0.15, -0.1) is 0 Å². The van der Waals surface area contributed by atoms with Gasteiger partial charge in [0, 0.05) is 24.6 Å². The molecule has 0 aliphatic heterocycles. The molecule has 2 aromatic rings. The van der Waals surface area contributed by atoms with Crippen LogP contribution in [-0.4, -0.2) is 62.0 Å². The molecule has 0 radical (unpaired) electrons. The Morgan fingerprint density at radius 2 is 1.64 bits per heavy atom. The van der Waals surface area contributed by atoms with E-state index in [0.29, 0.717) is 23.4 Å². The molecule has 0 fully saturated rings. The third-order valence-electron chi connectivity index (χ3n) is 3.89. The zero-order valence-electron chi connectivity index (χ0n) is 16.2. The van der Waals surface area contributed by atoms with Crippen molar-refractivity contribution in [3.05, 3.63) is 59.4 Å². The minimum absolute atomic E-state index is 0.262. The van der Waals surface area contributed by atoms with Crippen molar-refractivity contribution < 1.29 is 19.1 Å². The van der Waals surface area contributed by atoms with Gasteiger partial charge in [0.2, 0.25) is 0 Å². The molecular formula is C20H24N4O4. The SMILES string of the molecule is COC(=O)c1ccc(NC(=O)c2cncc(C(=O)NCCCN(C)C)c2)cc1. The molecule has 2 rings (SSSR count). The van der Waals surface area contributed by atoms with Crippen molar-refractivity contribution in [3.8, 4) is 0 Å². The molecule has 8 heteroatoms. The Morgan fingerprint density at radius 3 is 2.25 bits per heavy atom. The summed E-state index contributed by atoms with van der Waals surface area (Å²) in [4.78, 5) is 42.1. The zero-order chi connectivity index (χ0) is 20.5. The van der Waals surface area contributed by atoms with Crippen molar-refractivity contribution >= 4 is 23.5 Å². The number of aromatic nitrogens is 1. The van der Waals surface area contributed by atoms with Crippen LogP contribution in [0.1, 0.15) is 37.5 Å². The van der Waals surface area contributed by atoms with E-state index < -0.39 is 11.9 Å². The van der Waals surface area contributed by atoms with Crippen LogP contribution in [0, 0.1) is 0 Å². The van der Waals surface area contributed by atoms with Crippen LogP contribution < -0.4 is 10.6 Å². The summed E-state index contributed by atoms with van der Waals surface area (Å²) in [5, 5.41) is 5.52. The van der Waals surface area contributed by atoms with E-state index in [0.717, 1.165) is 13.0 Å². The molecule has 1 heterocycles. The highest BCUT2D eigenvalue weighted by atomic mass is 16.5. The lowest BCUT2D eigenvalue weighted by molar-refractivity contribution is 0.0600. The average Bonchev–Trinajstić information content (AvgIpc) is 2.71. The van der Waals surface area contributed by atoms with Gasteiger partial charge in [0.1, 0.15) is 0 Å². The van der Waals surface area contributed by atoms with Gasteiger partial charge in [0.05, 0.1) is 23.8 Å². The van der Waals surface area contributed by atoms with E-state index in [1.807, 2.05) is 19.0 Å². The van der Waals surface area contributed by atoms with Crippen LogP contribution in [0.3, 0.4) is 0 Å². The van der Waals surface area contributed by atoms with Gasteiger partial charge in [0.25, 0.3) is 11.8 Å². The fourth-order valence-corrected chi connectivity index (χ4v) is 2.40. The minimum Gasteiger partial charge on any atom is -0.465 e. The molecule has 1 aromatic carbocycles. The number of carbonyl (C=O) groups is 3. The van der Waals surface area contributed by atoms with Crippen LogP contribution >= 0.6 is 0 Å². The fourth-order valence-electron chi connectivity index (χ4n) is 2.40. The van der Waals surface area contributed by atoms with E-state index in [1.54, 1.807) is 24.3 Å². The molecule has 2 N–H and O–H groups in total. The van der Waals surface area contributed by atoms with E-state index in [-0.39, 0.29) is 11.5 Å². The number of carbonyl (C=O) groups excluding carboxylic acids is 3. The van der Waals surface area contributed by atoms with Crippen molar-refractivity contribution in [1.29, 1.82) is 0 Å². The van der Waals surface area contributed by atoms with Crippen LogP contribution in [0.5, 0.6) is 0 Å². The van der Waals surface area contributed by atoms with E-state index in [2.05, 4.69) is 20.4 Å². The Labute approximate surface area is 163 Å². The number of hydrogen-bond donors (Lipinski definition) is 2. The van der Waals surface area contributed by atoms with E-state index in [4.69, 9.17) is 0 Å². The smallest absolute Gasteiger partial charge is 0.337 e. The minimum atomic E-state index is -0.452. The van der Waals surface area contributed by atoms with Crippen molar-refractivity contribution in [2.24, 2.45) is 0 Å². The van der Waals surface area contributed by atoms with Gasteiger partial charge in [-0.05, 0) is 57.4 Å². The summed E-state index contributed by atoms with van der Waals surface area (Å²) in [5.41, 5.74) is 1.47.